The fourth-order valence-electron chi connectivity index (χ4n) is 2.44. The third-order valence-corrected chi connectivity index (χ3v) is 3.20. The van der Waals surface area contributed by atoms with E-state index in [-0.39, 0.29) is 12.8 Å². The van der Waals surface area contributed by atoms with Crippen LogP contribution in [0.15, 0.2) is 21.3 Å². The number of aromatic nitrogens is 1. The Labute approximate surface area is 95.6 Å². The molecule has 5 heteroatoms. The molecule has 90 valence electrons. The van der Waals surface area contributed by atoms with Gasteiger partial charge in [0.1, 0.15) is 0 Å². The molecule has 1 aromatic carbocycles. The van der Waals surface area contributed by atoms with Crippen LogP contribution in [0.1, 0.15) is 18.1 Å². The van der Waals surface area contributed by atoms with Crippen molar-refractivity contribution < 1.29 is 13.2 Å². The maximum atomic E-state index is 13.3. The van der Waals surface area contributed by atoms with Crippen molar-refractivity contribution in [1.29, 1.82) is 0 Å². The van der Waals surface area contributed by atoms with Gasteiger partial charge in [0, 0.05) is 19.4 Å². The van der Waals surface area contributed by atoms with Crippen molar-refractivity contribution >= 4 is 11.1 Å². The minimum atomic E-state index is -2.67. The minimum Gasteiger partial charge on any atom is -0.408 e. The molecule has 0 atom stereocenters. The van der Waals surface area contributed by atoms with Gasteiger partial charge in [-0.2, -0.15) is 0 Å². The zero-order valence-electron chi connectivity index (χ0n) is 9.30. The summed E-state index contributed by atoms with van der Waals surface area (Å²) >= 11 is 0. The average Bonchev–Trinajstić information content (AvgIpc) is 2.67. The second-order valence-corrected chi connectivity index (χ2v) is 4.41. The molecule has 0 bridgehead atoms. The zero-order chi connectivity index (χ0) is 12.2. The molecule has 1 aliphatic rings. The summed E-state index contributed by atoms with van der Waals surface area (Å²) in [7, 11) is 0. The number of fused-ring (bicyclic) bond motifs is 2. The molecule has 1 aliphatic carbocycles. The van der Waals surface area contributed by atoms with Crippen molar-refractivity contribution in [3.05, 3.63) is 33.8 Å². The lowest BCUT2D eigenvalue weighted by Gasteiger charge is -2.04. The molecule has 1 aromatic heterocycles. The molecule has 0 saturated carbocycles. The Morgan fingerprint density at radius 1 is 1.35 bits per heavy atom. The van der Waals surface area contributed by atoms with Crippen molar-refractivity contribution in [2.45, 2.75) is 32.2 Å². The van der Waals surface area contributed by atoms with Crippen LogP contribution >= 0.6 is 0 Å². The second kappa shape index (κ2) is 3.18. The molecule has 0 spiro atoms. The van der Waals surface area contributed by atoms with Gasteiger partial charge in [-0.3, -0.25) is 4.57 Å². The highest BCUT2D eigenvalue weighted by molar-refractivity contribution is 5.76. The SMILES string of the molecule is CCn1c(=O)oc2cc3c(cc21)CC(F)(F)C3. The predicted octanol–water partition coefficient (Wildman–Crippen LogP) is 2.35. The number of benzene rings is 1. The van der Waals surface area contributed by atoms with Crippen molar-refractivity contribution in [3.63, 3.8) is 0 Å². The maximum Gasteiger partial charge on any atom is 0.419 e. The Kier molecular flexibility index (Phi) is 1.97. The Balaban J connectivity index is 2.26. The van der Waals surface area contributed by atoms with Crippen LogP contribution in [0.2, 0.25) is 0 Å². The van der Waals surface area contributed by atoms with Crippen LogP contribution in [0, 0.1) is 0 Å². The highest BCUT2D eigenvalue weighted by Crippen LogP contribution is 2.36. The molecule has 17 heavy (non-hydrogen) atoms. The quantitative estimate of drug-likeness (QED) is 0.765. The number of aryl methyl sites for hydroxylation is 1. The summed E-state index contributed by atoms with van der Waals surface area (Å²) in [5, 5.41) is 0. The summed E-state index contributed by atoms with van der Waals surface area (Å²) in [5.41, 5.74) is 2.20. The van der Waals surface area contributed by atoms with Gasteiger partial charge >= 0.3 is 5.76 Å². The summed E-state index contributed by atoms with van der Waals surface area (Å²) in [4.78, 5) is 11.5. The Morgan fingerprint density at radius 3 is 2.65 bits per heavy atom. The lowest BCUT2D eigenvalue weighted by atomic mass is 10.1. The standard InChI is InChI=1S/C12H11F2NO2/c1-2-15-9-3-7-5-12(13,14)6-8(7)4-10(9)17-11(15)16/h3-4H,2,5-6H2,1H3. The van der Waals surface area contributed by atoms with Gasteiger partial charge in [0.15, 0.2) is 5.58 Å². The van der Waals surface area contributed by atoms with E-state index in [0.717, 1.165) is 0 Å². The summed E-state index contributed by atoms with van der Waals surface area (Å²) in [6.07, 6.45) is -0.513. The van der Waals surface area contributed by atoms with Crippen molar-refractivity contribution in [1.82, 2.24) is 4.57 Å². The zero-order valence-corrected chi connectivity index (χ0v) is 9.30. The van der Waals surface area contributed by atoms with Gasteiger partial charge < -0.3 is 4.42 Å². The summed E-state index contributed by atoms with van der Waals surface area (Å²) < 4.78 is 33.0. The molecule has 1 heterocycles. The molecule has 3 nitrogen and oxygen atoms in total. The van der Waals surface area contributed by atoms with E-state index in [4.69, 9.17) is 4.42 Å². The van der Waals surface area contributed by atoms with E-state index in [1.165, 1.54) is 4.57 Å². The molecule has 0 aliphatic heterocycles. The Morgan fingerprint density at radius 2 is 2.00 bits per heavy atom. The Bertz CT molecular complexity index is 654. The molecule has 0 fully saturated rings. The normalized spacial score (nSPS) is 17.6. The first-order valence-corrected chi connectivity index (χ1v) is 5.53. The van der Waals surface area contributed by atoms with Gasteiger partial charge in [-0.25, -0.2) is 13.6 Å². The third kappa shape index (κ3) is 1.49. The topological polar surface area (TPSA) is 35.1 Å². The first-order chi connectivity index (χ1) is 8.00. The number of alkyl halides is 2. The molecule has 0 radical (unpaired) electrons. The molecule has 0 unspecified atom stereocenters. The first kappa shape index (κ1) is 10.5. The van der Waals surface area contributed by atoms with E-state index in [0.29, 0.717) is 28.8 Å². The summed E-state index contributed by atoms with van der Waals surface area (Å²) in [5.74, 6) is -3.10. The van der Waals surface area contributed by atoms with E-state index in [1.54, 1.807) is 12.1 Å². The lowest BCUT2D eigenvalue weighted by molar-refractivity contribution is 0.0130. The van der Waals surface area contributed by atoms with Crippen LogP contribution in [-0.2, 0) is 19.4 Å². The number of nitrogens with zero attached hydrogens (tertiary/aromatic N) is 1. The summed E-state index contributed by atoms with van der Waals surface area (Å²) in [6.45, 7) is 2.29. The highest BCUT2D eigenvalue weighted by Gasteiger charge is 2.37. The van der Waals surface area contributed by atoms with Crippen LogP contribution in [-0.4, -0.2) is 10.5 Å². The van der Waals surface area contributed by atoms with Crippen molar-refractivity contribution in [2.24, 2.45) is 0 Å². The predicted molar refractivity (Wildman–Crippen MR) is 58.5 cm³/mol. The smallest absolute Gasteiger partial charge is 0.408 e. The van der Waals surface area contributed by atoms with Gasteiger partial charge in [-0.05, 0) is 30.2 Å². The van der Waals surface area contributed by atoms with Gasteiger partial charge in [0.25, 0.3) is 5.92 Å². The van der Waals surface area contributed by atoms with E-state index in [9.17, 15) is 13.6 Å². The molecule has 0 saturated heterocycles. The monoisotopic (exact) mass is 239 g/mol. The van der Waals surface area contributed by atoms with E-state index in [2.05, 4.69) is 0 Å². The number of oxazole rings is 1. The van der Waals surface area contributed by atoms with Gasteiger partial charge in [-0.1, -0.05) is 0 Å². The highest BCUT2D eigenvalue weighted by atomic mass is 19.3. The second-order valence-electron chi connectivity index (χ2n) is 4.41. The Hall–Kier alpha value is -1.65. The molecular formula is C12H11F2NO2. The molecule has 0 N–H and O–H groups in total. The van der Waals surface area contributed by atoms with Crippen molar-refractivity contribution in [2.75, 3.05) is 0 Å². The first-order valence-electron chi connectivity index (χ1n) is 5.53. The van der Waals surface area contributed by atoms with E-state index < -0.39 is 11.7 Å². The summed E-state index contributed by atoms with van der Waals surface area (Å²) in [6, 6.07) is 3.22. The van der Waals surface area contributed by atoms with Gasteiger partial charge in [0.2, 0.25) is 0 Å². The van der Waals surface area contributed by atoms with Gasteiger partial charge in [-0.15, -0.1) is 0 Å². The van der Waals surface area contributed by atoms with Crippen LogP contribution in [0.4, 0.5) is 8.78 Å². The number of hydrogen-bond acceptors (Lipinski definition) is 2. The van der Waals surface area contributed by atoms with Gasteiger partial charge in [0.05, 0.1) is 5.52 Å². The molecule has 0 amide bonds. The number of hydrogen-bond donors (Lipinski definition) is 0. The van der Waals surface area contributed by atoms with E-state index >= 15 is 0 Å². The van der Waals surface area contributed by atoms with Crippen LogP contribution in [0.25, 0.3) is 11.1 Å². The average molecular weight is 239 g/mol. The largest absolute Gasteiger partial charge is 0.419 e. The third-order valence-electron chi connectivity index (χ3n) is 3.20. The molecule has 2 aromatic rings. The molecule has 3 rings (SSSR count). The fraction of sp³-hybridized carbons (Fsp3) is 0.417. The van der Waals surface area contributed by atoms with Crippen LogP contribution in [0.5, 0.6) is 0 Å². The molecular weight excluding hydrogens is 228 g/mol. The van der Waals surface area contributed by atoms with Crippen molar-refractivity contribution in [3.8, 4) is 0 Å². The lowest BCUT2D eigenvalue weighted by Crippen LogP contribution is -2.14. The number of halogens is 2. The van der Waals surface area contributed by atoms with Crippen LogP contribution in [0.3, 0.4) is 0 Å². The maximum absolute atomic E-state index is 13.3. The van der Waals surface area contributed by atoms with Crippen LogP contribution < -0.4 is 5.76 Å². The van der Waals surface area contributed by atoms with E-state index in [1.807, 2.05) is 6.92 Å². The minimum absolute atomic E-state index is 0.249. The number of rotatable bonds is 1. The fourth-order valence-corrected chi connectivity index (χ4v) is 2.44.